The minimum Gasteiger partial charge on any atom is -0.481 e. The molecule has 5 nitrogen and oxygen atoms in total. The van der Waals surface area contributed by atoms with Gasteiger partial charge in [-0.25, -0.2) is 4.98 Å². The highest BCUT2D eigenvalue weighted by atomic mass is 32.1. The molecule has 2 heterocycles. The maximum absolute atomic E-state index is 12.6. The molecule has 1 aliphatic carbocycles. The van der Waals surface area contributed by atoms with E-state index in [1.54, 1.807) is 15.9 Å². The molecule has 1 aliphatic rings. The number of carbonyl (C=O) groups is 1. The molecule has 106 valence electrons. The Morgan fingerprint density at radius 1 is 1.45 bits per heavy atom. The van der Waals surface area contributed by atoms with Crippen LogP contribution in [0.5, 0.6) is 0 Å². The maximum atomic E-state index is 12.6. The first-order valence-electron chi connectivity index (χ1n) is 6.81. The van der Waals surface area contributed by atoms with E-state index in [4.69, 9.17) is 5.11 Å². The van der Waals surface area contributed by atoms with Crippen LogP contribution in [0.1, 0.15) is 35.5 Å². The minimum absolute atomic E-state index is 0.00251. The van der Waals surface area contributed by atoms with Crippen LogP contribution in [0.3, 0.4) is 0 Å². The molecule has 1 N–H and O–H groups in total. The Morgan fingerprint density at radius 3 is 3.00 bits per heavy atom. The fourth-order valence-electron chi connectivity index (χ4n) is 2.83. The fraction of sp³-hybridized carbons (Fsp3) is 0.500. The summed E-state index contributed by atoms with van der Waals surface area (Å²) in [5.74, 6) is -0.158. The van der Waals surface area contributed by atoms with Crippen LogP contribution in [-0.2, 0) is 24.2 Å². The molecule has 0 unspecified atom stereocenters. The second-order valence-electron chi connectivity index (χ2n) is 5.15. The molecule has 0 spiro atoms. The van der Waals surface area contributed by atoms with Gasteiger partial charge in [0.05, 0.1) is 5.39 Å². The first kappa shape index (κ1) is 13.3. The predicted molar refractivity (Wildman–Crippen MR) is 77.5 cm³/mol. The van der Waals surface area contributed by atoms with Gasteiger partial charge >= 0.3 is 5.97 Å². The molecule has 0 bridgehead atoms. The lowest BCUT2D eigenvalue weighted by Crippen LogP contribution is -2.24. The highest BCUT2D eigenvalue weighted by Crippen LogP contribution is 2.34. The van der Waals surface area contributed by atoms with Crippen molar-refractivity contribution in [2.24, 2.45) is 0 Å². The van der Waals surface area contributed by atoms with Crippen molar-refractivity contribution in [3.8, 4) is 0 Å². The Kier molecular flexibility index (Phi) is 3.33. The van der Waals surface area contributed by atoms with Crippen LogP contribution >= 0.6 is 11.3 Å². The topological polar surface area (TPSA) is 72.2 Å². The monoisotopic (exact) mass is 292 g/mol. The van der Waals surface area contributed by atoms with E-state index in [0.29, 0.717) is 18.8 Å². The van der Waals surface area contributed by atoms with E-state index < -0.39 is 5.97 Å². The second-order valence-corrected chi connectivity index (χ2v) is 6.23. The number of aryl methyl sites for hydroxylation is 3. The summed E-state index contributed by atoms with van der Waals surface area (Å²) in [6.07, 6.45) is 3.66. The number of thiophene rings is 1. The number of nitrogens with zero attached hydrogens (tertiary/aromatic N) is 2. The van der Waals surface area contributed by atoms with Crippen molar-refractivity contribution in [3.63, 3.8) is 0 Å². The number of carboxylic acids is 1. The lowest BCUT2D eigenvalue weighted by Gasteiger charge is -2.08. The smallest absolute Gasteiger partial charge is 0.303 e. The zero-order chi connectivity index (χ0) is 14.3. The summed E-state index contributed by atoms with van der Waals surface area (Å²) < 4.78 is 1.62. The highest BCUT2D eigenvalue weighted by molar-refractivity contribution is 7.18. The number of aromatic nitrogens is 2. The second kappa shape index (κ2) is 5.01. The third-order valence-corrected chi connectivity index (χ3v) is 4.97. The van der Waals surface area contributed by atoms with Gasteiger partial charge in [-0.15, -0.1) is 11.3 Å². The van der Waals surface area contributed by atoms with E-state index in [-0.39, 0.29) is 12.0 Å². The molecule has 3 rings (SSSR count). The SMILES string of the molecule is Cc1nc2sc3c(c2c(=O)n1CCCC(=O)O)CCC3. The molecule has 0 atom stereocenters. The van der Waals surface area contributed by atoms with Crippen LogP contribution in [0.15, 0.2) is 4.79 Å². The molecule has 2 aromatic heterocycles. The Bertz CT molecular complexity index is 745. The van der Waals surface area contributed by atoms with Gasteiger partial charge in [0.1, 0.15) is 10.7 Å². The molecule has 0 fully saturated rings. The zero-order valence-electron chi connectivity index (χ0n) is 11.3. The molecule has 2 aromatic rings. The molecule has 0 saturated carbocycles. The first-order chi connectivity index (χ1) is 9.58. The molecule has 6 heteroatoms. The van der Waals surface area contributed by atoms with Gasteiger partial charge in [0.15, 0.2) is 0 Å². The summed E-state index contributed by atoms with van der Waals surface area (Å²) in [5.41, 5.74) is 1.17. The fourth-order valence-corrected chi connectivity index (χ4v) is 4.13. The summed E-state index contributed by atoms with van der Waals surface area (Å²) in [6.45, 7) is 2.23. The quantitative estimate of drug-likeness (QED) is 0.937. The molecule has 0 radical (unpaired) electrons. The molecule has 0 amide bonds. The van der Waals surface area contributed by atoms with E-state index in [1.807, 2.05) is 6.92 Å². The summed E-state index contributed by atoms with van der Waals surface area (Å²) in [5, 5.41) is 9.46. The van der Waals surface area contributed by atoms with Crippen LogP contribution in [0.4, 0.5) is 0 Å². The van der Waals surface area contributed by atoms with Gasteiger partial charge in [0.25, 0.3) is 5.56 Å². The number of carboxylic acid groups (broad SMARTS) is 1. The maximum Gasteiger partial charge on any atom is 0.303 e. The van der Waals surface area contributed by atoms with Crippen LogP contribution < -0.4 is 5.56 Å². The van der Waals surface area contributed by atoms with Gasteiger partial charge < -0.3 is 5.11 Å². The Labute approximate surface area is 119 Å². The molecular formula is C14H16N2O3S. The molecule has 20 heavy (non-hydrogen) atoms. The zero-order valence-corrected chi connectivity index (χ0v) is 12.1. The third kappa shape index (κ3) is 2.14. The number of hydrogen-bond acceptors (Lipinski definition) is 4. The van der Waals surface area contributed by atoms with Gasteiger partial charge in [0, 0.05) is 17.8 Å². The van der Waals surface area contributed by atoms with Crippen molar-refractivity contribution in [3.05, 3.63) is 26.6 Å². The number of hydrogen-bond donors (Lipinski definition) is 1. The number of aliphatic carboxylic acids is 1. The Hall–Kier alpha value is -1.69. The van der Waals surface area contributed by atoms with E-state index in [0.717, 1.165) is 29.5 Å². The molecule has 0 aromatic carbocycles. The minimum atomic E-state index is -0.832. The van der Waals surface area contributed by atoms with E-state index in [1.165, 1.54) is 10.4 Å². The summed E-state index contributed by atoms with van der Waals surface area (Å²) in [4.78, 5) is 29.9. The molecular weight excluding hydrogens is 276 g/mol. The highest BCUT2D eigenvalue weighted by Gasteiger charge is 2.22. The Balaban J connectivity index is 2.04. The average molecular weight is 292 g/mol. The van der Waals surface area contributed by atoms with E-state index >= 15 is 0 Å². The van der Waals surface area contributed by atoms with Crippen LogP contribution in [0, 0.1) is 6.92 Å². The normalized spacial score (nSPS) is 13.8. The molecule has 0 saturated heterocycles. The van der Waals surface area contributed by atoms with Crippen molar-refractivity contribution in [1.82, 2.24) is 9.55 Å². The van der Waals surface area contributed by atoms with Crippen molar-refractivity contribution >= 4 is 27.5 Å². The van der Waals surface area contributed by atoms with Gasteiger partial charge in [-0.05, 0) is 38.2 Å². The lowest BCUT2D eigenvalue weighted by molar-refractivity contribution is -0.137. The Morgan fingerprint density at radius 2 is 2.25 bits per heavy atom. The number of rotatable bonds is 4. The predicted octanol–water partition coefficient (Wildman–Crippen LogP) is 2.12. The van der Waals surface area contributed by atoms with E-state index in [9.17, 15) is 9.59 Å². The number of fused-ring (bicyclic) bond motifs is 3. The van der Waals surface area contributed by atoms with E-state index in [2.05, 4.69) is 4.98 Å². The van der Waals surface area contributed by atoms with Crippen molar-refractivity contribution in [1.29, 1.82) is 0 Å². The third-order valence-electron chi connectivity index (χ3n) is 3.79. The van der Waals surface area contributed by atoms with Gasteiger partial charge in [0.2, 0.25) is 0 Å². The standard InChI is InChI=1S/C14H16N2O3S/c1-8-15-13-12(9-4-2-5-10(9)20-13)14(19)16(8)7-3-6-11(17)18/h2-7H2,1H3,(H,17,18). The summed E-state index contributed by atoms with van der Waals surface area (Å²) in [7, 11) is 0. The summed E-state index contributed by atoms with van der Waals surface area (Å²) >= 11 is 1.63. The van der Waals surface area contributed by atoms with Gasteiger partial charge in [-0.2, -0.15) is 0 Å². The van der Waals surface area contributed by atoms with Gasteiger partial charge in [-0.1, -0.05) is 0 Å². The summed E-state index contributed by atoms with van der Waals surface area (Å²) in [6, 6.07) is 0. The van der Waals surface area contributed by atoms with Crippen LogP contribution in [0.2, 0.25) is 0 Å². The van der Waals surface area contributed by atoms with Crippen molar-refractivity contribution in [2.75, 3.05) is 0 Å². The van der Waals surface area contributed by atoms with Crippen molar-refractivity contribution in [2.45, 2.75) is 45.6 Å². The largest absolute Gasteiger partial charge is 0.481 e. The molecule has 0 aliphatic heterocycles. The van der Waals surface area contributed by atoms with Crippen molar-refractivity contribution < 1.29 is 9.90 Å². The van der Waals surface area contributed by atoms with Crippen LogP contribution in [0.25, 0.3) is 10.2 Å². The lowest BCUT2D eigenvalue weighted by atomic mass is 10.2. The average Bonchev–Trinajstić information content (AvgIpc) is 2.92. The van der Waals surface area contributed by atoms with Crippen LogP contribution in [-0.4, -0.2) is 20.6 Å². The van der Waals surface area contributed by atoms with Gasteiger partial charge in [-0.3, -0.25) is 14.2 Å². The first-order valence-corrected chi connectivity index (χ1v) is 7.63.